The molecule has 1 aromatic rings. The van der Waals surface area contributed by atoms with Gasteiger partial charge >= 0.3 is 6.09 Å². The van der Waals surface area contributed by atoms with Crippen LogP contribution in [-0.4, -0.2) is 43.3 Å². The molecule has 0 aromatic heterocycles. The molecule has 2 N–H and O–H groups in total. The molecule has 102 valence electrons. The van der Waals surface area contributed by atoms with Crippen LogP contribution in [0, 0.1) is 0 Å². The van der Waals surface area contributed by atoms with Crippen molar-refractivity contribution in [3.63, 3.8) is 0 Å². The summed E-state index contributed by atoms with van der Waals surface area (Å²) < 4.78 is 5.72. The van der Waals surface area contributed by atoms with E-state index >= 15 is 0 Å². The summed E-state index contributed by atoms with van der Waals surface area (Å²) in [5, 5.41) is 0. The SMILES string of the molecule is CN1CCC2(CCN(c3ccccc3N)C(=O)O2)C1. The number of nitrogens with two attached hydrogens (primary N) is 1. The minimum Gasteiger partial charge on any atom is -0.441 e. The Morgan fingerprint density at radius 1 is 1.26 bits per heavy atom. The summed E-state index contributed by atoms with van der Waals surface area (Å²) in [5.74, 6) is 0. The molecule has 5 heteroatoms. The Morgan fingerprint density at radius 2 is 2.00 bits per heavy atom. The first-order valence-electron chi connectivity index (χ1n) is 6.63. The minimum absolute atomic E-state index is 0.278. The van der Waals surface area contributed by atoms with Gasteiger partial charge in [0.25, 0.3) is 0 Å². The van der Waals surface area contributed by atoms with E-state index in [1.807, 2.05) is 18.2 Å². The third kappa shape index (κ3) is 2.14. The molecule has 5 nitrogen and oxygen atoms in total. The summed E-state index contributed by atoms with van der Waals surface area (Å²) in [7, 11) is 2.06. The van der Waals surface area contributed by atoms with Gasteiger partial charge in [-0.25, -0.2) is 4.79 Å². The van der Waals surface area contributed by atoms with Crippen LogP contribution in [0.1, 0.15) is 12.8 Å². The third-order valence-corrected chi connectivity index (χ3v) is 4.05. The number of nitrogens with zero attached hydrogens (tertiary/aromatic N) is 2. The van der Waals surface area contributed by atoms with Crippen LogP contribution in [0.3, 0.4) is 0 Å². The number of nitrogen functional groups attached to an aromatic ring is 1. The Balaban J connectivity index is 1.79. The van der Waals surface area contributed by atoms with Gasteiger partial charge < -0.3 is 15.4 Å². The number of benzene rings is 1. The van der Waals surface area contributed by atoms with Crippen molar-refractivity contribution in [2.75, 3.05) is 37.3 Å². The second-order valence-corrected chi connectivity index (χ2v) is 5.50. The first-order valence-corrected chi connectivity index (χ1v) is 6.63. The largest absolute Gasteiger partial charge is 0.441 e. The lowest BCUT2D eigenvalue weighted by atomic mass is 9.96. The fraction of sp³-hybridized carbons (Fsp3) is 0.500. The number of likely N-dealkylation sites (N-methyl/N-ethyl adjacent to an activating group) is 1. The van der Waals surface area contributed by atoms with E-state index < -0.39 is 0 Å². The van der Waals surface area contributed by atoms with E-state index in [0.29, 0.717) is 12.2 Å². The summed E-state index contributed by atoms with van der Waals surface area (Å²) in [6.07, 6.45) is 1.50. The molecule has 1 unspecified atom stereocenters. The highest BCUT2D eigenvalue weighted by Gasteiger charge is 2.45. The predicted octanol–water partition coefficient (Wildman–Crippen LogP) is 1.69. The van der Waals surface area contributed by atoms with E-state index in [9.17, 15) is 4.79 Å². The predicted molar refractivity (Wildman–Crippen MR) is 74.1 cm³/mol. The maximum atomic E-state index is 12.2. The molecule has 0 aliphatic carbocycles. The van der Waals surface area contributed by atoms with Crippen molar-refractivity contribution in [1.82, 2.24) is 4.90 Å². The Bertz CT molecular complexity index is 505. The Morgan fingerprint density at radius 3 is 2.63 bits per heavy atom. The van der Waals surface area contributed by atoms with Crippen molar-refractivity contribution in [3.05, 3.63) is 24.3 Å². The molecule has 3 rings (SSSR count). The zero-order valence-corrected chi connectivity index (χ0v) is 11.1. The lowest BCUT2D eigenvalue weighted by Crippen LogP contribution is -2.51. The van der Waals surface area contributed by atoms with Crippen LogP contribution in [0.2, 0.25) is 0 Å². The minimum atomic E-state index is -0.286. The maximum absolute atomic E-state index is 12.2. The summed E-state index contributed by atoms with van der Waals surface area (Å²) in [6, 6.07) is 7.40. The third-order valence-electron chi connectivity index (χ3n) is 4.05. The molecule has 19 heavy (non-hydrogen) atoms. The number of carbonyl (C=O) groups is 1. The molecule has 2 saturated heterocycles. The Kier molecular flexibility index (Phi) is 2.86. The van der Waals surface area contributed by atoms with Gasteiger partial charge in [-0.15, -0.1) is 0 Å². The molecule has 0 bridgehead atoms. The first kappa shape index (κ1) is 12.3. The van der Waals surface area contributed by atoms with Crippen LogP contribution >= 0.6 is 0 Å². The van der Waals surface area contributed by atoms with Crippen LogP contribution in [0.4, 0.5) is 16.2 Å². The van der Waals surface area contributed by atoms with Crippen LogP contribution in [0.25, 0.3) is 0 Å². The summed E-state index contributed by atoms with van der Waals surface area (Å²) in [6.45, 7) is 2.48. The average molecular weight is 261 g/mol. The highest BCUT2D eigenvalue weighted by molar-refractivity contribution is 5.92. The van der Waals surface area contributed by atoms with Gasteiger partial charge in [0.15, 0.2) is 0 Å². The van der Waals surface area contributed by atoms with E-state index in [1.54, 1.807) is 11.0 Å². The second kappa shape index (κ2) is 4.42. The fourth-order valence-electron chi connectivity index (χ4n) is 2.98. The quantitative estimate of drug-likeness (QED) is 0.782. The average Bonchev–Trinajstić information content (AvgIpc) is 2.72. The smallest absolute Gasteiger partial charge is 0.414 e. The van der Waals surface area contributed by atoms with Gasteiger partial charge in [-0.1, -0.05) is 12.1 Å². The van der Waals surface area contributed by atoms with Crippen molar-refractivity contribution in [1.29, 1.82) is 0 Å². The zero-order valence-electron chi connectivity index (χ0n) is 11.1. The molecule has 0 saturated carbocycles. The molecule has 2 aliphatic rings. The number of ether oxygens (including phenoxy) is 1. The van der Waals surface area contributed by atoms with Gasteiger partial charge in [0, 0.05) is 32.5 Å². The van der Waals surface area contributed by atoms with Gasteiger partial charge in [0.2, 0.25) is 0 Å². The van der Waals surface area contributed by atoms with E-state index in [2.05, 4.69) is 11.9 Å². The Labute approximate surface area is 112 Å². The molecule has 1 amide bonds. The fourth-order valence-corrected chi connectivity index (χ4v) is 2.98. The summed E-state index contributed by atoms with van der Waals surface area (Å²) >= 11 is 0. The van der Waals surface area contributed by atoms with Crippen molar-refractivity contribution >= 4 is 17.5 Å². The molecule has 0 radical (unpaired) electrons. The standard InChI is InChI=1S/C14H19N3O2/c1-16-8-6-14(10-16)7-9-17(13(18)19-14)12-5-3-2-4-11(12)15/h2-5H,6-10,15H2,1H3. The second-order valence-electron chi connectivity index (χ2n) is 5.50. The summed E-state index contributed by atoms with van der Waals surface area (Å²) in [5.41, 5.74) is 6.99. The number of likely N-dealkylation sites (tertiary alicyclic amines) is 1. The Hall–Kier alpha value is -1.75. The van der Waals surface area contributed by atoms with Crippen LogP contribution < -0.4 is 10.6 Å². The first-order chi connectivity index (χ1) is 9.10. The van der Waals surface area contributed by atoms with Gasteiger partial charge in [-0.3, -0.25) is 4.90 Å². The topological polar surface area (TPSA) is 58.8 Å². The zero-order chi connectivity index (χ0) is 13.5. The molecule has 2 aliphatic heterocycles. The maximum Gasteiger partial charge on any atom is 0.414 e. The van der Waals surface area contributed by atoms with Crippen molar-refractivity contribution in [2.45, 2.75) is 18.4 Å². The number of amides is 1. The van der Waals surface area contributed by atoms with Gasteiger partial charge in [-0.2, -0.15) is 0 Å². The molecular weight excluding hydrogens is 242 g/mol. The van der Waals surface area contributed by atoms with E-state index in [1.165, 1.54) is 0 Å². The molecule has 1 spiro atoms. The lowest BCUT2D eigenvalue weighted by Gasteiger charge is -2.38. The van der Waals surface area contributed by atoms with Crippen molar-refractivity contribution in [2.24, 2.45) is 0 Å². The summed E-state index contributed by atoms with van der Waals surface area (Å²) in [4.78, 5) is 16.1. The highest BCUT2D eigenvalue weighted by atomic mass is 16.6. The molecule has 2 heterocycles. The number of anilines is 2. The monoisotopic (exact) mass is 261 g/mol. The molecule has 2 fully saturated rings. The van der Waals surface area contributed by atoms with E-state index in [-0.39, 0.29) is 11.7 Å². The van der Waals surface area contributed by atoms with Gasteiger partial charge in [0.1, 0.15) is 5.60 Å². The normalized spacial score (nSPS) is 27.8. The molecule has 1 aromatic carbocycles. The number of rotatable bonds is 1. The highest BCUT2D eigenvalue weighted by Crippen LogP contribution is 2.35. The van der Waals surface area contributed by atoms with Crippen molar-refractivity contribution in [3.8, 4) is 0 Å². The van der Waals surface area contributed by atoms with Crippen LogP contribution in [0.5, 0.6) is 0 Å². The van der Waals surface area contributed by atoms with E-state index in [0.717, 1.165) is 31.6 Å². The van der Waals surface area contributed by atoms with Crippen molar-refractivity contribution < 1.29 is 9.53 Å². The van der Waals surface area contributed by atoms with Gasteiger partial charge in [-0.05, 0) is 19.2 Å². The lowest BCUT2D eigenvalue weighted by molar-refractivity contribution is 0.00437. The molecular formula is C14H19N3O2. The number of carbonyl (C=O) groups excluding carboxylic acids is 1. The van der Waals surface area contributed by atoms with E-state index in [4.69, 9.17) is 10.5 Å². The van der Waals surface area contributed by atoms with Crippen LogP contribution in [-0.2, 0) is 4.74 Å². The van der Waals surface area contributed by atoms with Gasteiger partial charge in [0.05, 0.1) is 11.4 Å². The number of hydrogen-bond acceptors (Lipinski definition) is 4. The van der Waals surface area contributed by atoms with Crippen LogP contribution in [0.15, 0.2) is 24.3 Å². The number of para-hydroxylation sites is 2. The molecule has 1 atom stereocenters. The number of hydrogen-bond donors (Lipinski definition) is 1.